The predicted octanol–water partition coefficient (Wildman–Crippen LogP) is 2.90. The molecule has 1 aromatic heterocycles. The van der Waals surface area contributed by atoms with Gasteiger partial charge in [0.05, 0.1) is 0 Å². The highest BCUT2D eigenvalue weighted by molar-refractivity contribution is 9.10. The van der Waals surface area contributed by atoms with Crippen LogP contribution in [0.1, 0.15) is 0 Å². The van der Waals surface area contributed by atoms with E-state index in [1.807, 2.05) is 30.5 Å². The maximum Gasteiger partial charge on any atom is 0.185 e. The zero-order chi connectivity index (χ0) is 13.0. The molecule has 90 valence electrons. The first-order valence-corrected chi connectivity index (χ1v) is 5.96. The minimum absolute atomic E-state index is 0.546. The average molecular weight is 304 g/mol. The molecule has 2 aromatic rings. The van der Waals surface area contributed by atoms with Crippen LogP contribution in [0.25, 0.3) is 0 Å². The molecule has 2 rings (SSSR count). The fourth-order valence-electron chi connectivity index (χ4n) is 1.36. The van der Waals surface area contributed by atoms with E-state index in [-0.39, 0.29) is 0 Å². The standard InChI is InChI=1S/C12H10BrN5/c1-18(7-14)12-6-11(15-8-16-12)17-10-4-2-3-9(13)5-10/h2-6,8H,1H3,(H,15,16,17). The minimum atomic E-state index is 0.546. The van der Waals surface area contributed by atoms with Gasteiger partial charge in [-0.1, -0.05) is 22.0 Å². The first-order valence-electron chi connectivity index (χ1n) is 5.17. The van der Waals surface area contributed by atoms with E-state index in [9.17, 15) is 0 Å². The Morgan fingerprint density at radius 1 is 1.33 bits per heavy atom. The van der Waals surface area contributed by atoms with Gasteiger partial charge in [0.25, 0.3) is 0 Å². The number of aromatic nitrogens is 2. The van der Waals surface area contributed by atoms with Gasteiger partial charge < -0.3 is 5.32 Å². The van der Waals surface area contributed by atoms with E-state index in [0.29, 0.717) is 11.6 Å². The zero-order valence-corrected chi connectivity index (χ0v) is 11.2. The molecule has 0 bridgehead atoms. The summed E-state index contributed by atoms with van der Waals surface area (Å²) in [4.78, 5) is 9.49. The lowest BCUT2D eigenvalue weighted by Gasteiger charge is -2.10. The van der Waals surface area contributed by atoms with Crippen molar-refractivity contribution in [2.24, 2.45) is 0 Å². The molecule has 0 aliphatic carbocycles. The van der Waals surface area contributed by atoms with Crippen molar-refractivity contribution in [2.45, 2.75) is 0 Å². The lowest BCUT2D eigenvalue weighted by atomic mass is 10.3. The Morgan fingerprint density at radius 3 is 2.89 bits per heavy atom. The third-order valence-electron chi connectivity index (χ3n) is 2.24. The number of anilines is 3. The molecular weight excluding hydrogens is 294 g/mol. The summed E-state index contributed by atoms with van der Waals surface area (Å²) >= 11 is 3.40. The van der Waals surface area contributed by atoms with Crippen LogP contribution in [0.15, 0.2) is 41.1 Å². The van der Waals surface area contributed by atoms with Gasteiger partial charge in [0.15, 0.2) is 6.19 Å². The Balaban J connectivity index is 2.22. The fraction of sp³-hybridized carbons (Fsp3) is 0.0833. The molecule has 0 atom stereocenters. The van der Waals surface area contributed by atoms with Crippen LogP contribution in [-0.4, -0.2) is 17.0 Å². The first-order chi connectivity index (χ1) is 8.69. The molecule has 0 amide bonds. The Morgan fingerprint density at radius 2 is 2.17 bits per heavy atom. The van der Waals surface area contributed by atoms with Gasteiger partial charge in [-0.15, -0.1) is 0 Å². The summed E-state index contributed by atoms with van der Waals surface area (Å²) in [5.74, 6) is 1.19. The van der Waals surface area contributed by atoms with E-state index in [0.717, 1.165) is 10.2 Å². The average Bonchev–Trinajstić information content (AvgIpc) is 2.38. The summed E-state index contributed by atoms with van der Waals surface area (Å²) in [5.41, 5.74) is 0.911. The minimum Gasteiger partial charge on any atom is -0.340 e. The fourth-order valence-corrected chi connectivity index (χ4v) is 1.76. The Bertz CT molecular complexity index is 593. The summed E-state index contributed by atoms with van der Waals surface area (Å²) in [7, 11) is 1.64. The second kappa shape index (κ2) is 5.47. The number of nitrogens with one attached hydrogen (secondary N) is 1. The van der Waals surface area contributed by atoms with Gasteiger partial charge in [-0.2, -0.15) is 5.26 Å². The number of benzene rings is 1. The second-order valence-electron chi connectivity index (χ2n) is 3.56. The Hall–Kier alpha value is -2.13. The van der Waals surface area contributed by atoms with Crippen LogP contribution in [0.2, 0.25) is 0 Å². The van der Waals surface area contributed by atoms with Gasteiger partial charge in [-0.05, 0) is 18.2 Å². The summed E-state index contributed by atoms with van der Waals surface area (Å²) in [6, 6.07) is 9.45. The van der Waals surface area contributed by atoms with Gasteiger partial charge in [0.2, 0.25) is 0 Å². The van der Waals surface area contributed by atoms with Crippen molar-refractivity contribution in [3.05, 3.63) is 41.1 Å². The molecule has 0 spiro atoms. The third-order valence-corrected chi connectivity index (χ3v) is 2.74. The van der Waals surface area contributed by atoms with Crippen LogP contribution in [0.4, 0.5) is 17.3 Å². The molecule has 0 saturated carbocycles. The van der Waals surface area contributed by atoms with Gasteiger partial charge in [0, 0.05) is 23.3 Å². The SMILES string of the molecule is CN(C#N)c1cc(Nc2cccc(Br)c2)ncn1. The number of nitrogens with zero attached hydrogens (tertiary/aromatic N) is 4. The number of hydrogen-bond donors (Lipinski definition) is 1. The highest BCUT2D eigenvalue weighted by atomic mass is 79.9. The van der Waals surface area contributed by atoms with E-state index >= 15 is 0 Å². The molecule has 0 unspecified atom stereocenters. The lowest BCUT2D eigenvalue weighted by Crippen LogP contribution is -2.10. The lowest BCUT2D eigenvalue weighted by molar-refractivity contribution is 1.08. The quantitative estimate of drug-likeness (QED) is 0.697. The molecule has 0 saturated heterocycles. The molecule has 1 aromatic carbocycles. The molecule has 6 heteroatoms. The molecule has 0 aliphatic rings. The zero-order valence-electron chi connectivity index (χ0n) is 9.63. The molecular formula is C12H10BrN5. The second-order valence-corrected chi connectivity index (χ2v) is 4.47. The summed E-state index contributed by atoms with van der Waals surface area (Å²) in [5, 5.41) is 11.9. The van der Waals surface area contributed by atoms with Crippen molar-refractivity contribution in [1.82, 2.24) is 9.97 Å². The van der Waals surface area contributed by atoms with E-state index in [1.54, 1.807) is 13.1 Å². The maximum atomic E-state index is 8.79. The summed E-state index contributed by atoms with van der Waals surface area (Å²) in [6.45, 7) is 0. The topological polar surface area (TPSA) is 64.8 Å². The van der Waals surface area contributed by atoms with Crippen LogP contribution in [0, 0.1) is 11.5 Å². The molecule has 5 nitrogen and oxygen atoms in total. The first kappa shape index (κ1) is 12.3. The van der Waals surface area contributed by atoms with Crippen molar-refractivity contribution >= 4 is 33.3 Å². The van der Waals surface area contributed by atoms with Crippen LogP contribution >= 0.6 is 15.9 Å². The molecule has 18 heavy (non-hydrogen) atoms. The van der Waals surface area contributed by atoms with Crippen molar-refractivity contribution in [2.75, 3.05) is 17.3 Å². The number of rotatable bonds is 3. The number of nitriles is 1. The molecule has 0 aliphatic heterocycles. The van der Waals surface area contributed by atoms with Crippen LogP contribution in [0.3, 0.4) is 0 Å². The van der Waals surface area contributed by atoms with Crippen molar-refractivity contribution in [1.29, 1.82) is 5.26 Å². The van der Waals surface area contributed by atoms with Gasteiger partial charge in [0.1, 0.15) is 18.0 Å². The summed E-state index contributed by atoms with van der Waals surface area (Å²) in [6.07, 6.45) is 3.41. The molecule has 1 heterocycles. The maximum absolute atomic E-state index is 8.79. The monoisotopic (exact) mass is 303 g/mol. The smallest absolute Gasteiger partial charge is 0.185 e. The van der Waals surface area contributed by atoms with Gasteiger partial charge in [-0.3, -0.25) is 4.90 Å². The van der Waals surface area contributed by atoms with Crippen LogP contribution in [0.5, 0.6) is 0 Å². The van der Waals surface area contributed by atoms with E-state index in [4.69, 9.17) is 5.26 Å². The van der Waals surface area contributed by atoms with E-state index in [2.05, 4.69) is 31.2 Å². The third kappa shape index (κ3) is 2.96. The Labute approximate surface area is 113 Å². The Kier molecular flexibility index (Phi) is 3.75. The molecule has 0 radical (unpaired) electrons. The highest BCUT2D eigenvalue weighted by Gasteiger charge is 2.03. The number of halogens is 1. The van der Waals surface area contributed by atoms with Crippen LogP contribution < -0.4 is 10.2 Å². The predicted molar refractivity (Wildman–Crippen MR) is 73.5 cm³/mol. The van der Waals surface area contributed by atoms with Crippen molar-refractivity contribution < 1.29 is 0 Å². The van der Waals surface area contributed by atoms with Gasteiger partial charge >= 0.3 is 0 Å². The highest BCUT2D eigenvalue weighted by Crippen LogP contribution is 2.20. The largest absolute Gasteiger partial charge is 0.340 e. The van der Waals surface area contributed by atoms with Crippen molar-refractivity contribution in [3.63, 3.8) is 0 Å². The van der Waals surface area contributed by atoms with Crippen LogP contribution in [-0.2, 0) is 0 Å². The summed E-state index contributed by atoms with van der Waals surface area (Å²) < 4.78 is 0.982. The van der Waals surface area contributed by atoms with Crippen molar-refractivity contribution in [3.8, 4) is 6.19 Å². The molecule has 0 fully saturated rings. The van der Waals surface area contributed by atoms with Gasteiger partial charge in [-0.25, -0.2) is 9.97 Å². The van der Waals surface area contributed by atoms with E-state index in [1.165, 1.54) is 11.2 Å². The molecule has 1 N–H and O–H groups in total. The number of hydrogen-bond acceptors (Lipinski definition) is 5. The normalized spacial score (nSPS) is 9.61. The van der Waals surface area contributed by atoms with E-state index < -0.39 is 0 Å².